The molecule has 0 radical (unpaired) electrons. The lowest BCUT2D eigenvalue weighted by molar-refractivity contribution is 0.117. The molecule has 0 spiro atoms. The van der Waals surface area contributed by atoms with E-state index < -0.39 is 11.2 Å². The molecule has 1 aromatic heterocycles. The van der Waals surface area contributed by atoms with Gasteiger partial charge in [0.15, 0.2) is 17.1 Å². The Kier molecular flexibility index (Phi) is 8.16. The number of methoxy groups -OCH3 is 1. The fourth-order valence-corrected chi connectivity index (χ4v) is 5.08. The van der Waals surface area contributed by atoms with Crippen LogP contribution in [0.4, 0.5) is 0 Å². The first-order valence-electron chi connectivity index (χ1n) is 13.2. The highest BCUT2D eigenvalue weighted by molar-refractivity contribution is 5.88. The van der Waals surface area contributed by atoms with Crippen LogP contribution in [0.2, 0.25) is 0 Å². The van der Waals surface area contributed by atoms with Gasteiger partial charge in [-0.1, -0.05) is 54.6 Å². The van der Waals surface area contributed by atoms with Crippen LogP contribution in [0.1, 0.15) is 11.1 Å². The molecular weight excluding hydrogens is 494 g/mol. The van der Waals surface area contributed by atoms with Crippen LogP contribution in [0.5, 0.6) is 17.2 Å². The van der Waals surface area contributed by atoms with E-state index in [0.717, 1.165) is 57.9 Å². The summed E-state index contributed by atoms with van der Waals surface area (Å²) in [7, 11) is 3.50. The highest BCUT2D eigenvalue weighted by Crippen LogP contribution is 2.38. The Morgan fingerprint density at radius 1 is 0.897 bits per heavy atom. The summed E-state index contributed by atoms with van der Waals surface area (Å²) in [6.07, 6.45) is 0. The number of piperazine rings is 1. The Morgan fingerprint density at radius 3 is 2.28 bits per heavy atom. The topological polar surface area (TPSA) is 89.6 Å². The summed E-state index contributed by atoms with van der Waals surface area (Å²) in [4.78, 5) is 20.1. The number of rotatable bonds is 9. The zero-order chi connectivity index (χ0) is 27.4. The molecule has 1 saturated heterocycles. The highest BCUT2D eigenvalue weighted by atomic mass is 16.5. The van der Waals surface area contributed by atoms with Crippen LogP contribution in [0, 0.1) is 0 Å². The maximum atomic E-state index is 12.8. The third-order valence-corrected chi connectivity index (χ3v) is 7.35. The zero-order valence-electron chi connectivity index (χ0n) is 22.5. The first kappa shape index (κ1) is 26.7. The van der Waals surface area contributed by atoms with Crippen LogP contribution in [0.3, 0.4) is 0 Å². The lowest BCUT2D eigenvalue weighted by atomic mass is 10.1. The fourth-order valence-electron chi connectivity index (χ4n) is 5.08. The van der Waals surface area contributed by atoms with Gasteiger partial charge in [-0.15, -0.1) is 0 Å². The molecule has 2 N–H and O–H groups in total. The van der Waals surface area contributed by atoms with Gasteiger partial charge in [-0.05, 0) is 30.3 Å². The van der Waals surface area contributed by atoms with Gasteiger partial charge in [0.25, 0.3) is 0 Å². The fraction of sp³-hybridized carbons (Fsp3) is 0.323. The molecule has 0 amide bonds. The van der Waals surface area contributed by atoms with Crippen molar-refractivity contribution >= 4 is 11.0 Å². The van der Waals surface area contributed by atoms with E-state index in [1.807, 2.05) is 24.3 Å². The van der Waals surface area contributed by atoms with E-state index in [2.05, 4.69) is 52.1 Å². The molecule has 8 nitrogen and oxygen atoms in total. The second kappa shape index (κ2) is 11.9. The number of phenolic OH excluding ortho intramolecular Hbond substituents is 1. The Hall–Kier alpha value is -3.85. The van der Waals surface area contributed by atoms with Crippen LogP contribution in [-0.4, -0.2) is 78.3 Å². The van der Waals surface area contributed by atoms with Crippen molar-refractivity contribution in [1.29, 1.82) is 0 Å². The van der Waals surface area contributed by atoms with Crippen molar-refractivity contribution in [1.82, 2.24) is 14.7 Å². The molecule has 2 heterocycles. The Balaban J connectivity index is 1.17. The first-order chi connectivity index (χ1) is 18.9. The summed E-state index contributed by atoms with van der Waals surface area (Å²) >= 11 is 0. The molecule has 0 atom stereocenters. The first-order valence-corrected chi connectivity index (χ1v) is 13.2. The Bertz CT molecular complexity index is 1460. The number of hydrogen-bond donors (Lipinski definition) is 2. The summed E-state index contributed by atoms with van der Waals surface area (Å²) in [6.45, 7) is 8.12. The molecule has 0 unspecified atom stereocenters. The Morgan fingerprint density at radius 2 is 1.59 bits per heavy atom. The predicted octanol–water partition coefficient (Wildman–Crippen LogP) is 4.13. The van der Waals surface area contributed by atoms with E-state index in [1.54, 1.807) is 0 Å². The van der Waals surface area contributed by atoms with Gasteiger partial charge in [-0.3, -0.25) is 14.6 Å². The SMILES string of the molecule is COc1c(O)ccc2c(=O)c(O)c(-c3ccc(CN(C)CCN4CCN(Cc5ccccc5)CC4)cc3)oc12. The van der Waals surface area contributed by atoms with Gasteiger partial charge >= 0.3 is 0 Å². The van der Waals surface area contributed by atoms with Crippen molar-refractivity contribution in [3.8, 4) is 28.6 Å². The molecule has 0 aliphatic carbocycles. The van der Waals surface area contributed by atoms with Crippen molar-refractivity contribution in [2.24, 2.45) is 0 Å². The lowest BCUT2D eigenvalue weighted by Gasteiger charge is -2.35. The molecule has 0 saturated carbocycles. The Labute approximate surface area is 228 Å². The molecule has 1 aliphatic heterocycles. The van der Waals surface area contributed by atoms with Crippen molar-refractivity contribution in [3.63, 3.8) is 0 Å². The van der Waals surface area contributed by atoms with Gasteiger partial charge in [0.2, 0.25) is 16.9 Å². The molecular formula is C31H35N3O5. The quantitative estimate of drug-likeness (QED) is 0.335. The third-order valence-electron chi connectivity index (χ3n) is 7.35. The van der Waals surface area contributed by atoms with Gasteiger partial charge in [-0.25, -0.2) is 0 Å². The molecule has 8 heteroatoms. The van der Waals surface area contributed by atoms with Gasteiger partial charge < -0.3 is 24.3 Å². The van der Waals surface area contributed by atoms with Crippen molar-refractivity contribution < 1.29 is 19.4 Å². The normalized spacial score (nSPS) is 14.7. The number of benzene rings is 3. The molecule has 0 bridgehead atoms. The van der Waals surface area contributed by atoms with Crippen LogP contribution in [0.15, 0.2) is 75.9 Å². The minimum Gasteiger partial charge on any atom is -0.504 e. The van der Waals surface area contributed by atoms with Crippen molar-refractivity contribution in [2.75, 3.05) is 53.4 Å². The van der Waals surface area contributed by atoms with Gasteiger partial charge in [0.1, 0.15) is 0 Å². The zero-order valence-corrected chi connectivity index (χ0v) is 22.5. The minimum absolute atomic E-state index is 0.0442. The average molecular weight is 530 g/mol. The number of hydrogen-bond acceptors (Lipinski definition) is 8. The summed E-state index contributed by atoms with van der Waals surface area (Å²) < 4.78 is 11.1. The summed E-state index contributed by atoms with van der Waals surface area (Å²) in [5, 5.41) is 20.8. The van der Waals surface area contributed by atoms with E-state index in [-0.39, 0.29) is 28.2 Å². The van der Waals surface area contributed by atoms with Crippen LogP contribution < -0.4 is 10.2 Å². The molecule has 39 heavy (non-hydrogen) atoms. The third kappa shape index (κ3) is 6.09. The monoisotopic (exact) mass is 529 g/mol. The van der Waals surface area contributed by atoms with E-state index >= 15 is 0 Å². The molecule has 4 aromatic rings. The number of fused-ring (bicyclic) bond motifs is 1. The van der Waals surface area contributed by atoms with E-state index in [9.17, 15) is 15.0 Å². The molecule has 5 rings (SSSR count). The lowest BCUT2D eigenvalue weighted by Crippen LogP contribution is -2.47. The number of nitrogens with zero attached hydrogens (tertiary/aromatic N) is 3. The van der Waals surface area contributed by atoms with E-state index in [0.29, 0.717) is 5.56 Å². The number of phenols is 1. The average Bonchev–Trinajstić information content (AvgIpc) is 2.95. The molecule has 1 fully saturated rings. The number of aromatic hydroxyl groups is 2. The number of ether oxygens (including phenoxy) is 1. The van der Waals surface area contributed by atoms with Gasteiger partial charge in [0.05, 0.1) is 12.5 Å². The standard InChI is InChI=1S/C31H35N3O5/c1-32(14-15-33-16-18-34(19-17-33)21-22-6-4-3-5-7-22)20-23-8-10-24(11-9-23)29-28(37)27(36)25-12-13-26(35)31(38-2)30(25)39-29/h3-13,35,37H,14-21H2,1-2H3. The highest BCUT2D eigenvalue weighted by Gasteiger charge is 2.20. The van der Waals surface area contributed by atoms with E-state index in [4.69, 9.17) is 9.15 Å². The maximum absolute atomic E-state index is 12.8. The van der Waals surface area contributed by atoms with Crippen LogP contribution >= 0.6 is 0 Å². The van der Waals surface area contributed by atoms with Crippen molar-refractivity contribution in [2.45, 2.75) is 13.1 Å². The van der Waals surface area contributed by atoms with Gasteiger partial charge in [0, 0.05) is 57.9 Å². The second-order valence-corrected chi connectivity index (χ2v) is 10.1. The largest absolute Gasteiger partial charge is 0.504 e. The van der Waals surface area contributed by atoms with Crippen LogP contribution in [-0.2, 0) is 13.1 Å². The second-order valence-electron chi connectivity index (χ2n) is 10.1. The van der Waals surface area contributed by atoms with Crippen LogP contribution in [0.25, 0.3) is 22.3 Å². The molecule has 204 valence electrons. The summed E-state index contributed by atoms with van der Waals surface area (Å²) in [6, 6.07) is 21.0. The maximum Gasteiger partial charge on any atom is 0.235 e. The smallest absolute Gasteiger partial charge is 0.235 e. The minimum atomic E-state index is -0.575. The summed E-state index contributed by atoms with van der Waals surface area (Å²) in [5.41, 5.74) is 2.58. The van der Waals surface area contributed by atoms with Gasteiger partial charge in [-0.2, -0.15) is 0 Å². The predicted molar refractivity (Wildman–Crippen MR) is 152 cm³/mol. The van der Waals surface area contributed by atoms with Crippen molar-refractivity contribution in [3.05, 3.63) is 88.1 Å². The summed E-state index contributed by atoms with van der Waals surface area (Å²) in [5.74, 6) is -0.509. The molecule has 1 aliphatic rings. The number of likely N-dealkylation sites (N-methyl/N-ethyl adjacent to an activating group) is 1. The molecule has 3 aromatic carbocycles. The van der Waals surface area contributed by atoms with E-state index in [1.165, 1.54) is 24.8 Å².